The van der Waals surface area contributed by atoms with E-state index in [1.54, 1.807) is 29.2 Å². The summed E-state index contributed by atoms with van der Waals surface area (Å²) in [5.74, 6) is 1.33. The summed E-state index contributed by atoms with van der Waals surface area (Å²) in [5, 5.41) is 0. The van der Waals surface area contributed by atoms with Crippen molar-refractivity contribution in [1.82, 2.24) is 14.9 Å². The molecule has 0 atom stereocenters. The molecule has 1 amide bonds. The first-order valence-corrected chi connectivity index (χ1v) is 10.7. The highest BCUT2D eigenvalue weighted by Crippen LogP contribution is 2.21. The van der Waals surface area contributed by atoms with Crippen LogP contribution in [-0.2, 0) is 4.79 Å². The Hall–Kier alpha value is -2.96. The standard InChI is InChI=1S/C23H28FN5O/c1-18-17-21(26-23(25-18)29-11-5-2-6-12-29)27-13-15-28(16-14-27)22(30)10-9-19-7-3-4-8-20(19)24/h3-4,7-10,17H,2,5-6,11-16H2,1H3/b10-9+. The molecule has 2 aliphatic heterocycles. The van der Waals surface area contributed by atoms with Gasteiger partial charge in [0.25, 0.3) is 0 Å². The van der Waals surface area contributed by atoms with E-state index in [9.17, 15) is 9.18 Å². The summed E-state index contributed by atoms with van der Waals surface area (Å²) in [4.78, 5) is 28.2. The van der Waals surface area contributed by atoms with Crippen LogP contribution in [-0.4, -0.2) is 60.0 Å². The molecule has 2 saturated heterocycles. The van der Waals surface area contributed by atoms with E-state index in [0.29, 0.717) is 18.7 Å². The zero-order chi connectivity index (χ0) is 20.9. The fraction of sp³-hybridized carbons (Fsp3) is 0.435. The topological polar surface area (TPSA) is 52.6 Å². The average Bonchev–Trinajstić information content (AvgIpc) is 2.78. The summed E-state index contributed by atoms with van der Waals surface area (Å²) in [7, 11) is 0. The molecule has 3 heterocycles. The van der Waals surface area contributed by atoms with E-state index in [0.717, 1.165) is 43.6 Å². The number of piperidine rings is 1. The number of carbonyl (C=O) groups excluding carboxylic acids is 1. The number of halogens is 1. The van der Waals surface area contributed by atoms with E-state index in [4.69, 9.17) is 4.98 Å². The van der Waals surface area contributed by atoms with Gasteiger partial charge in [-0.25, -0.2) is 9.37 Å². The van der Waals surface area contributed by atoms with Gasteiger partial charge in [0.2, 0.25) is 11.9 Å². The van der Waals surface area contributed by atoms with Gasteiger partial charge in [-0.3, -0.25) is 4.79 Å². The first-order valence-electron chi connectivity index (χ1n) is 10.7. The zero-order valence-corrected chi connectivity index (χ0v) is 17.4. The number of piperazine rings is 1. The molecule has 0 aliphatic carbocycles. The third-order valence-electron chi connectivity index (χ3n) is 5.69. The minimum Gasteiger partial charge on any atom is -0.353 e. The van der Waals surface area contributed by atoms with E-state index >= 15 is 0 Å². The van der Waals surface area contributed by atoms with Crippen LogP contribution >= 0.6 is 0 Å². The molecule has 2 aliphatic rings. The minimum atomic E-state index is -0.324. The molecule has 1 aromatic heterocycles. The number of anilines is 2. The van der Waals surface area contributed by atoms with Gasteiger partial charge in [0.05, 0.1) is 0 Å². The normalized spacial score (nSPS) is 17.6. The van der Waals surface area contributed by atoms with Crippen LogP contribution in [0.25, 0.3) is 6.08 Å². The second-order valence-electron chi connectivity index (χ2n) is 7.88. The molecule has 0 spiro atoms. The number of carbonyl (C=O) groups is 1. The predicted octanol–water partition coefficient (Wildman–Crippen LogP) is 3.28. The lowest BCUT2D eigenvalue weighted by Crippen LogP contribution is -2.48. The summed E-state index contributed by atoms with van der Waals surface area (Å²) < 4.78 is 13.7. The molecule has 30 heavy (non-hydrogen) atoms. The largest absolute Gasteiger partial charge is 0.353 e. The molecule has 0 N–H and O–H groups in total. The van der Waals surface area contributed by atoms with E-state index < -0.39 is 0 Å². The third-order valence-corrected chi connectivity index (χ3v) is 5.69. The summed E-state index contributed by atoms with van der Waals surface area (Å²) in [6, 6.07) is 8.47. The molecule has 4 rings (SSSR count). The molecule has 1 aromatic carbocycles. The van der Waals surface area contributed by atoms with Crippen LogP contribution in [0.1, 0.15) is 30.5 Å². The third kappa shape index (κ3) is 4.78. The maximum Gasteiger partial charge on any atom is 0.246 e. The van der Waals surface area contributed by atoms with Crippen molar-refractivity contribution in [3.05, 3.63) is 53.5 Å². The summed E-state index contributed by atoms with van der Waals surface area (Å²) in [6.45, 7) is 6.69. The van der Waals surface area contributed by atoms with Crippen molar-refractivity contribution in [2.45, 2.75) is 26.2 Å². The highest BCUT2D eigenvalue weighted by atomic mass is 19.1. The van der Waals surface area contributed by atoms with Gasteiger partial charge in [-0.2, -0.15) is 4.98 Å². The van der Waals surface area contributed by atoms with Crippen molar-refractivity contribution in [3.8, 4) is 0 Å². The molecule has 2 fully saturated rings. The Morgan fingerprint density at radius 3 is 2.43 bits per heavy atom. The van der Waals surface area contributed by atoms with Crippen LogP contribution in [0.15, 0.2) is 36.4 Å². The predicted molar refractivity (Wildman–Crippen MR) is 117 cm³/mol. The Morgan fingerprint density at radius 2 is 1.70 bits per heavy atom. The van der Waals surface area contributed by atoms with Crippen molar-refractivity contribution in [2.24, 2.45) is 0 Å². The lowest BCUT2D eigenvalue weighted by Gasteiger charge is -2.35. The molecular weight excluding hydrogens is 381 g/mol. The SMILES string of the molecule is Cc1cc(N2CCN(C(=O)/C=C/c3ccccc3F)CC2)nc(N2CCCCC2)n1. The van der Waals surface area contributed by atoms with Crippen molar-refractivity contribution >= 4 is 23.7 Å². The molecule has 158 valence electrons. The molecule has 2 aromatic rings. The number of hydrogen-bond donors (Lipinski definition) is 0. The average molecular weight is 410 g/mol. The zero-order valence-electron chi connectivity index (χ0n) is 17.4. The number of rotatable bonds is 4. The minimum absolute atomic E-state index is 0.0919. The number of nitrogens with zero attached hydrogens (tertiary/aromatic N) is 5. The Morgan fingerprint density at radius 1 is 0.967 bits per heavy atom. The fourth-order valence-corrected chi connectivity index (χ4v) is 3.97. The quantitative estimate of drug-likeness (QED) is 0.726. The summed E-state index contributed by atoms with van der Waals surface area (Å²) in [6.07, 6.45) is 6.65. The number of hydrogen-bond acceptors (Lipinski definition) is 5. The molecular formula is C23H28FN5O. The van der Waals surface area contributed by atoms with Gasteiger partial charge < -0.3 is 14.7 Å². The maximum absolute atomic E-state index is 13.7. The van der Waals surface area contributed by atoms with Crippen molar-refractivity contribution in [1.29, 1.82) is 0 Å². The molecule has 0 bridgehead atoms. The van der Waals surface area contributed by atoms with Crippen LogP contribution in [0.4, 0.5) is 16.2 Å². The van der Waals surface area contributed by atoms with Gasteiger partial charge in [0.1, 0.15) is 11.6 Å². The molecule has 7 heteroatoms. The lowest BCUT2D eigenvalue weighted by molar-refractivity contribution is -0.126. The Balaban J connectivity index is 1.38. The van der Waals surface area contributed by atoms with Gasteiger partial charge in [0.15, 0.2) is 0 Å². The van der Waals surface area contributed by atoms with Crippen LogP contribution < -0.4 is 9.80 Å². The van der Waals surface area contributed by atoms with Crippen molar-refractivity contribution < 1.29 is 9.18 Å². The molecule has 0 radical (unpaired) electrons. The smallest absolute Gasteiger partial charge is 0.246 e. The highest BCUT2D eigenvalue weighted by molar-refractivity contribution is 5.92. The van der Waals surface area contributed by atoms with E-state index in [2.05, 4.69) is 14.8 Å². The monoisotopic (exact) mass is 409 g/mol. The number of amides is 1. The molecule has 0 saturated carbocycles. The first kappa shape index (κ1) is 20.3. The van der Waals surface area contributed by atoms with Crippen LogP contribution in [0.2, 0.25) is 0 Å². The van der Waals surface area contributed by atoms with Gasteiger partial charge in [-0.1, -0.05) is 18.2 Å². The van der Waals surface area contributed by atoms with Crippen molar-refractivity contribution in [2.75, 3.05) is 49.1 Å². The fourth-order valence-electron chi connectivity index (χ4n) is 3.97. The Kier molecular flexibility index (Phi) is 6.26. The van der Waals surface area contributed by atoms with Gasteiger partial charge >= 0.3 is 0 Å². The second kappa shape index (κ2) is 9.24. The Bertz CT molecular complexity index is 918. The number of aromatic nitrogens is 2. The van der Waals surface area contributed by atoms with Crippen LogP contribution in [0.3, 0.4) is 0 Å². The first-order chi connectivity index (χ1) is 14.6. The summed E-state index contributed by atoms with van der Waals surface area (Å²) in [5.41, 5.74) is 1.39. The highest BCUT2D eigenvalue weighted by Gasteiger charge is 2.22. The van der Waals surface area contributed by atoms with E-state index in [1.807, 2.05) is 13.0 Å². The lowest BCUT2D eigenvalue weighted by atomic mass is 10.1. The van der Waals surface area contributed by atoms with Crippen LogP contribution in [0, 0.1) is 12.7 Å². The molecule has 6 nitrogen and oxygen atoms in total. The van der Waals surface area contributed by atoms with Gasteiger partial charge in [-0.05, 0) is 38.3 Å². The second-order valence-corrected chi connectivity index (χ2v) is 7.88. The van der Waals surface area contributed by atoms with Crippen LogP contribution in [0.5, 0.6) is 0 Å². The van der Waals surface area contributed by atoms with Gasteiger partial charge in [0, 0.05) is 62.7 Å². The van der Waals surface area contributed by atoms with E-state index in [-0.39, 0.29) is 11.7 Å². The Labute approximate surface area is 177 Å². The number of aryl methyl sites for hydroxylation is 1. The number of benzene rings is 1. The molecule has 0 unspecified atom stereocenters. The summed E-state index contributed by atoms with van der Waals surface area (Å²) >= 11 is 0. The van der Waals surface area contributed by atoms with Gasteiger partial charge in [-0.15, -0.1) is 0 Å². The van der Waals surface area contributed by atoms with E-state index in [1.165, 1.54) is 31.4 Å². The van der Waals surface area contributed by atoms with Crippen molar-refractivity contribution in [3.63, 3.8) is 0 Å². The maximum atomic E-state index is 13.7.